The van der Waals surface area contributed by atoms with Gasteiger partial charge < -0.3 is 14.8 Å². The summed E-state index contributed by atoms with van der Waals surface area (Å²) in [7, 11) is 1.45. The lowest BCUT2D eigenvalue weighted by Gasteiger charge is -2.20. The number of hydrogen-bond donors (Lipinski definition) is 1. The van der Waals surface area contributed by atoms with Gasteiger partial charge in [-0.25, -0.2) is 0 Å². The van der Waals surface area contributed by atoms with Crippen molar-refractivity contribution < 1.29 is 27.4 Å². The third kappa shape index (κ3) is 5.77. The highest BCUT2D eigenvalue weighted by Gasteiger charge is 2.39. The Hall–Kier alpha value is -2.02. The van der Waals surface area contributed by atoms with E-state index in [-0.39, 0.29) is 19.6 Å². The van der Waals surface area contributed by atoms with Crippen LogP contribution in [-0.2, 0) is 9.53 Å². The fourth-order valence-corrected chi connectivity index (χ4v) is 1.79. The van der Waals surface area contributed by atoms with Gasteiger partial charge in [0.15, 0.2) is 0 Å². The van der Waals surface area contributed by atoms with E-state index in [9.17, 15) is 18.0 Å². The number of nitrogens with one attached hydrogen (secondary N) is 1. The minimum Gasteiger partial charge on any atom is -0.497 e. The topological polar surface area (TPSA) is 47.6 Å². The van der Waals surface area contributed by atoms with E-state index in [1.807, 2.05) is 5.32 Å². The van der Waals surface area contributed by atoms with Crippen LogP contribution in [0.25, 0.3) is 0 Å². The van der Waals surface area contributed by atoms with Crippen LogP contribution < -0.4 is 10.1 Å². The number of carbonyl (C=O) groups is 1. The van der Waals surface area contributed by atoms with Crippen LogP contribution in [0.3, 0.4) is 0 Å². The first kappa shape index (κ1) is 18.0. The SMILES string of the molecule is C=CCOCCC(NC(=O)C(F)(F)F)c1cccc(OC)c1. The third-order valence-corrected chi connectivity index (χ3v) is 2.85. The predicted molar refractivity (Wildman–Crippen MR) is 75.6 cm³/mol. The molecule has 0 aliphatic heterocycles. The number of rotatable bonds is 8. The molecule has 0 aliphatic carbocycles. The molecule has 0 fully saturated rings. The third-order valence-electron chi connectivity index (χ3n) is 2.85. The summed E-state index contributed by atoms with van der Waals surface area (Å²) in [6.45, 7) is 3.96. The van der Waals surface area contributed by atoms with E-state index in [0.717, 1.165) is 0 Å². The zero-order valence-electron chi connectivity index (χ0n) is 12.2. The number of carbonyl (C=O) groups excluding carboxylic acids is 1. The smallest absolute Gasteiger partial charge is 0.471 e. The summed E-state index contributed by atoms with van der Waals surface area (Å²) in [5.41, 5.74) is 0.513. The summed E-state index contributed by atoms with van der Waals surface area (Å²) in [5.74, 6) is -1.49. The zero-order chi connectivity index (χ0) is 16.6. The van der Waals surface area contributed by atoms with E-state index in [1.165, 1.54) is 13.2 Å². The van der Waals surface area contributed by atoms with Crippen molar-refractivity contribution in [3.8, 4) is 5.75 Å². The highest BCUT2D eigenvalue weighted by Crippen LogP contribution is 2.24. The van der Waals surface area contributed by atoms with Crippen molar-refractivity contribution in [3.63, 3.8) is 0 Å². The lowest BCUT2D eigenvalue weighted by atomic mass is 10.0. The Balaban J connectivity index is 2.84. The van der Waals surface area contributed by atoms with Crippen LogP contribution in [0.4, 0.5) is 13.2 Å². The number of methoxy groups -OCH3 is 1. The molecule has 1 aromatic carbocycles. The normalized spacial score (nSPS) is 12.5. The molecule has 1 aromatic rings. The van der Waals surface area contributed by atoms with Crippen LogP contribution in [0.1, 0.15) is 18.0 Å². The van der Waals surface area contributed by atoms with Gasteiger partial charge in [0.2, 0.25) is 0 Å². The van der Waals surface area contributed by atoms with Gasteiger partial charge in [-0.15, -0.1) is 6.58 Å². The van der Waals surface area contributed by atoms with E-state index in [1.54, 1.807) is 24.3 Å². The number of halogens is 3. The summed E-state index contributed by atoms with van der Waals surface area (Å²) < 4.78 is 47.5. The number of hydrogen-bond acceptors (Lipinski definition) is 3. The second kappa shape index (κ2) is 8.43. The largest absolute Gasteiger partial charge is 0.497 e. The Morgan fingerprint density at radius 1 is 1.45 bits per heavy atom. The number of ether oxygens (including phenoxy) is 2. The molecule has 1 atom stereocenters. The molecule has 0 bridgehead atoms. The Bertz CT molecular complexity index is 503. The molecular weight excluding hydrogens is 299 g/mol. The van der Waals surface area contributed by atoms with E-state index in [0.29, 0.717) is 11.3 Å². The molecule has 1 unspecified atom stereocenters. The van der Waals surface area contributed by atoms with Crippen LogP contribution >= 0.6 is 0 Å². The maximum atomic E-state index is 12.4. The molecule has 0 saturated heterocycles. The van der Waals surface area contributed by atoms with Crippen LogP contribution in [0.15, 0.2) is 36.9 Å². The van der Waals surface area contributed by atoms with Gasteiger partial charge in [-0.1, -0.05) is 18.2 Å². The van der Waals surface area contributed by atoms with Gasteiger partial charge in [0.25, 0.3) is 0 Å². The maximum Gasteiger partial charge on any atom is 0.471 e. The van der Waals surface area contributed by atoms with Crippen molar-refractivity contribution in [1.82, 2.24) is 5.32 Å². The van der Waals surface area contributed by atoms with Crippen molar-refractivity contribution in [1.29, 1.82) is 0 Å². The second-order valence-corrected chi connectivity index (χ2v) is 4.45. The Morgan fingerprint density at radius 2 is 2.18 bits per heavy atom. The van der Waals surface area contributed by atoms with Crippen LogP contribution in [0, 0.1) is 0 Å². The lowest BCUT2D eigenvalue weighted by molar-refractivity contribution is -0.174. The summed E-state index contributed by atoms with van der Waals surface area (Å²) in [6, 6.07) is 5.69. The average molecular weight is 317 g/mol. The van der Waals surface area contributed by atoms with Gasteiger partial charge in [0, 0.05) is 6.61 Å². The van der Waals surface area contributed by atoms with E-state index in [4.69, 9.17) is 9.47 Å². The maximum absolute atomic E-state index is 12.4. The molecule has 0 aromatic heterocycles. The Kier molecular flexibility index (Phi) is 6.91. The van der Waals surface area contributed by atoms with Gasteiger partial charge >= 0.3 is 12.1 Å². The predicted octanol–water partition coefficient (Wildman–Crippen LogP) is 3.01. The lowest BCUT2D eigenvalue weighted by Crippen LogP contribution is -2.39. The Labute approximate surface area is 126 Å². The van der Waals surface area contributed by atoms with Crippen LogP contribution in [-0.4, -0.2) is 32.4 Å². The molecular formula is C15H18F3NO3. The number of amides is 1. The molecule has 22 heavy (non-hydrogen) atoms. The minimum absolute atomic E-state index is 0.187. The van der Waals surface area contributed by atoms with Crippen molar-refractivity contribution in [2.75, 3.05) is 20.3 Å². The van der Waals surface area contributed by atoms with E-state index in [2.05, 4.69) is 6.58 Å². The number of benzene rings is 1. The molecule has 122 valence electrons. The highest BCUT2D eigenvalue weighted by molar-refractivity contribution is 5.82. The average Bonchev–Trinajstić information content (AvgIpc) is 2.49. The summed E-state index contributed by atoms with van der Waals surface area (Å²) in [5, 5.41) is 1.98. The molecule has 0 radical (unpaired) electrons. The molecule has 7 heteroatoms. The second-order valence-electron chi connectivity index (χ2n) is 4.45. The fourth-order valence-electron chi connectivity index (χ4n) is 1.79. The molecule has 0 saturated carbocycles. The van der Waals surface area contributed by atoms with Crippen molar-refractivity contribution in [3.05, 3.63) is 42.5 Å². The van der Waals surface area contributed by atoms with Gasteiger partial charge in [0.05, 0.1) is 19.8 Å². The van der Waals surface area contributed by atoms with Crippen molar-refractivity contribution in [2.45, 2.75) is 18.6 Å². The molecule has 0 aliphatic rings. The van der Waals surface area contributed by atoms with Crippen molar-refractivity contribution >= 4 is 5.91 Å². The first-order valence-electron chi connectivity index (χ1n) is 6.58. The standard InChI is InChI=1S/C15H18F3NO3/c1-3-8-22-9-7-13(19-14(20)15(16,17)18)11-5-4-6-12(10-11)21-2/h3-6,10,13H,1,7-9H2,2H3,(H,19,20). The first-order chi connectivity index (χ1) is 10.4. The summed E-state index contributed by atoms with van der Waals surface area (Å²) in [4.78, 5) is 11.2. The van der Waals surface area contributed by atoms with Crippen LogP contribution in [0.5, 0.6) is 5.75 Å². The van der Waals surface area contributed by atoms with Gasteiger partial charge in [-0.05, 0) is 24.1 Å². The monoisotopic (exact) mass is 317 g/mol. The molecule has 1 rings (SSSR count). The number of alkyl halides is 3. The Morgan fingerprint density at radius 3 is 2.77 bits per heavy atom. The molecule has 1 N–H and O–H groups in total. The quantitative estimate of drug-likeness (QED) is 0.592. The highest BCUT2D eigenvalue weighted by atomic mass is 19.4. The molecule has 0 spiro atoms. The van der Waals surface area contributed by atoms with Crippen LogP contribution in [0.2, 0.25) is 0 Å². The molecule has 4 nitrogen and oxygen atoms in total. The zero-order valence-corrected chi connectivity index (χ0v) is 12.2. The fraction of sp³-hybridized carbons (Fsp3) is 0.400. The summed E-state index contributed by atoms with van der Waals surface area (Å²) in [6.07, 6.45) is -3.20. The van der Waals surface area contributed by atoms with Gasteiger partial charge in [0.1, 0.15) is 5.75 Å². The van der Waals surface area contributed by atoms with E-state index >= 15 is 0 Å². The molecule has 0 heterocycles. The first-order valence-corrected chi connectivity index (χ1v) is 6.58. The summed E-state index contributed by atoms with van der Waals surface area (Å²) >= 11 is 0. The van der Waals surface area contributed by atoms with Gasteiger partial charge in [-0.2, -0.15) is 13.2 Å². The van der Waals surface area contributed by atoms with Crippen molar-refractivity contribution in [2.24, 2.45) is 0 Å². The van der Waals surface area contributed by atoms with E-state index < -0.39 is 18.1 Å². The molecule has 1 amide bonds. The minimum atomic E-state index is -4.93. The van der Waals surface area contributed by atoms with Gasteiger partial charge in [-0.3, -0.25) is 4.79 Å².